The number of carbonyl (C=O) groups excluding carboxylic acids is 2. The maximum Gasteiger partial charge on any atom is 0.255 e. The SMILES string of the molecule is C[C@@H](c1cccc(NC(=O)c2ccccc2)c1)N(C)C(=O)Cc1noc2ccccc12. The molecule has 4 rings (SSSR count). The van der Waals surface area contributed by atoms with Crippen molar-refractivity contribution in [2.75, 3.05) is 12.4 Å². The van der Waals surface area contributed by atoms with Crippen LogP contribution in [-0.4, -0.2) is 28.9 Å². The summed E-state index contributed by atoms with van der Waals surface area (Å²) in [6, 6.07) is 23.9. The van der Waals surface area contributed by atoms with Gasteiger partial charge in [-0.3, -0.25) is 9.59 Å². The van der Waals surface area contributed by atoms with Crippen molar-refractivity contribution in [3.8, 4) is 0 Å². The molecule has 0 saturated heterocycles. The monoisotopic (exact) mass is 413 g/mol. The van der Waals surface area contributed by atoms with Crippen molar-refractivity contribution in [2.24, 2.45) is 0 Å². The number of fused-ring (bicyclic) bond motifs is 1. The van der Waals surface area contributed by atoms with Crippen LogP contribution in [0.5, 0.6) is 0 Å². The lowest BCUT2D eigenvalue weighted by atomic mass is 10.1. The highest BCUT2D eigenvalue weighted by atomic mass is 16.5. The van der Waals surface area contributed by atoms with E-state index in [4.69, 9.17) is 4.52 Å². The number of benzene rings is 3. The van der Waals surface area contributed by atoms with E-state index >= 15 is 0 Å². The molecule has 0 bridgehead atoms. The Hall–Kier alpha value is -3.93. The van der Waals surface area contributed by atoms with Crippen LogP contribution in [0.25, 0.3) is 11.0 Å². The highest BCUT2D eigenvalue weighted by Crippen LogP contribution is 2.24. The van der Waals surface area contributed by atoms with Gasteiger partial charge in [0.25, 0.3) is 5.91 Å². The average Bonchev–Trinajstić information content (AvgIpc) is 3.21. The van der Waals surface area contributed by atoms with Crippen LogP contribution in [0.2, 0.25) is 0 Å². The third-order valence-electron chi connectivity index (χ3n) is 5.41. The first-order valence-electron chi connectivity index (χ1n) is 10.1. The molecule has 156 valence electrons. The number of aromatic nitrogens is 1. The lowest BCUT2D eigenvalue weighted by Gasteiger charge is -2.25. The lowest BCUT2D eigenvalue weighted by Crippen LogP contribution is -2.31. The van der Waals surface area contributed by atoms with Gasteiger partial charge in [-0.25, -0.2) is 0 Å². The summed E-state index contributed by atoms with van der Waals surface area (Å²) in [7, 11) is 1.77. The molecule has 3 aromatic carbocycles. The Balaban J connectivity index is 1.45. The standard InChI is InChI=1S/C25H23N3O3/c1-17(28(2)24(29)16-22-21-13-6-7-14-23(21)31-27-22)19-11-8-12-20(15-19)26-25(30)18-9-4-3-5-10-18/h3-15,17H,16H2,1-2H3,(H,26,30)/t17-/m0/s1. The Bertz CT molecular complexity index is 1220. The van der Waals surface area contributed by atoms with Crippen LogP contribution >= 0.6 is 0 Å². The minimum atomic E-state index is -0.181. The van der Waals surface area contributed by atoms with Gasteiger partial charge in [-0.1, -0.05) is 47.6 Å². The third kappa shape index (κ3) is 4.48. The Labute approximate surface area is 180 Å². The third-order valence-corrected chi connectivity index (χ3v) is 5.41. The van der Waals surface area contributed by atoms with Gasteiger partial charge in [-0.15, -0.1) is 0 Å². The first-order chi connectivity index (χ1) is 15.0. The molecule has 1 heterocycles. The molecular formula is C25H23N3O3. The maximum absolute atomic E-state index is 12.9. The maximum atomic E-state index is 12.9. The summed E-state index contributed by atoms with van der Waals surface area (Å²) in [4.78, 5) is 27.0. The number of nitrogens with zero attached hydrogens (tertiary/aromatic N) is 2. The summed E-state index contributed by atoms with van der Waals surface area (Å²) in [5.74, 6) is -0.238. The number of carbonyl (C=O) groups is 2. The zero-order valence-corrected chi connectivity index (χ0v) is 17.4. The van der Waals surface area contributed by atoms with E-state index in [1.54, 1.807) is 24.1 Å². The van der Waals surface area contributed by atoms with Crippen LogP contribution in [-0.2, 0) is 11.2 Å². The molecule has 0 aliphatic carbocycles. The topological polar surface area (TPSA) is 75.4 Å². The van der Waals surface area contributed by atoms with Crippen molar-refractivity contribution in [3.63, 3.8) is 0 Å². The predicted octanol–water partition coefficient (Wildman–Crippen LogP) is 4.84. The van der Waals surface area contributed by atoms with Gasteiger partial charge in [0.05, 0.1) is 12.5 Å². The number of likely N-dealkylation sites (N-methyl/N-ethyl adjacent to an activating group) is 1. The highest BCUT2D eigenvalue weighted by Gasteiger charge is 2.20. The number of para-hydroxylation sites is 1. The van der Waals surface area contributed by atoms with Gasteiger partial charge in [0.2, 0.25) is 5.91 Å². The average molecular weight is 413 g/mol. The smallest absolute Gasteiger partial charge is 0.255 e. The first-order valence-corrected chi connectivity index (χ1v) is 10.1. The van der Waals surface area contributed by atoms with E-state index in [1.807, 2.05) is 73.7 Å². The molecule has 2 amide bonds. The first kappa shape index (κ1) is 20.3. The van der Waals surface area contributed by atoms with Crippen molar-refractivity contribution in [2.45, 2.75) is 19.4 Å². The van der Waals surface area contributed by atoms with E-state index in [-0.39, 0.29) is 24.3 Å². The van der Waals surface area contributed by atoms with E-state index < -0.39 is 0 Å². The fourth-order valence-corrected chi connectivity index (χ4v) is 3.44. The second-order valence-electron chi connectivity index (χ2n) is 7.43. The van der Waals surface area contributed by atoms with Crippen molar-refractivity contribution < 1.29 is 14.1 Å². The van der Waals surface area contributed by atoms with Crippen LogP contribution in [0.4, 0.5) is 5.69 Å². The molecule has 0 radical (unpaired) electrons. The van der Waals surface area contributed by atoms with Gasteiger partial charge < -0.3 is 14.7 Å². The molecule has 0 aliphatic heterocycles. The number of hydrogen-bond donors (Lipinski definition) is 1. The number of anilines is 1. The van der Waals surface area contributed by atoms with Crippen molar-refractivity contribution >= 4 is 28.5 Å². The molecule has 0 aliphatic rings. The fraction of sp³-hybridized carbons (Fsp3) is 0.160. The van der Waals surface area contributed by atoms with E-state index in [0.717, 1.165) is 10.9 Å². The number of nitrogens with one attached hydrogen (secondary N) is 1. The predicted molar refractivity (Wildman–Crippen MR) is 120 cm³/mol. The summed E-state index contributed by atoms with van der Waals surface area (Å²) in [5, 5.41) is 7.82. The molecule has 6 heteroatoms. The van der Waals surface area contributed by atoms with Gasteiger partial charge in [0.15, 0.2) is 5.58 Å². The van der Waals surface area contributed by atoms with Gasteiger partial charge in [-0.05, 0) is 48.9 Å². The molecule has 4 aromatic rings. The van der Waals surface area contributed by atoms with Gasteiger partial charge in [0, 0.05) is 23.7 Å². The van der Waals surface area contributed by atoms with Crippen LogP contribution in [0.3, 0.4) is 0 Å². The molecule has 1 N–H and O–H groups in total. The number of amides is 2. The Morgan fingerprint density at radius 3 is 2.55 bits per heavy atom. The minimum absolute atomic E-state index is 0.0646. The van der Waals surface area contributed by atoms with Gasteiger partial charge in [0.1, 0.15) is 5.69 Å². The number of hydrogen-bond acceptors (Lipinski definition) is 4. The number of rotatable bonds is 6. The summed E-state index contributed by atoms with van der Waals surface area (Å²) in [6.07, 6.45) is 0.155. The van der Waals surface area contributed by atoms with Gasteiger partial charge in [-0.2, -0.15) is 0 Å². The molecule has 1 aromatic heterocycles. The van der Waals surface area contributed by atoms with E-state index in [0.29, 0.717) is 22.5 Å². The second kappa shape index (κ2) is 8.83. The zero-order valence-electron chi connectivity index (χ0n) is 17.4. The van der Waals surface area contributed by atoms with Crippen LogP contribution < -0.4 is 5.32 Å². The quantitative estimate of drug-likeness (QED) is 0.491. The minimum Gasteiger partial charge on any atom is -0.356 e. The van der Waals surface area contributed by atoms with Crippen LogP contribution in [0.1, 0.15) is 34.6 Å². The van der Waals surface area contributed by atoms with E-state index in [2.05, 4.69) is 10.5 Å². The van der Waals surface area contributed by atoms with Crippen molar-refractivity contribution in [3.05, 3.63) is 95.7 Å². The summed E-state index contributed by atoms with van der Waals surface area (Å²) in [6.45, 7) is 1.96. The molecule has 0 spiro atoms. The summed E-state index contributed by atoms with van der Waals surface area (Å²) < 4.78 is 5.30. The molecular weight excluding hydrogens is 390 g/mol. The van der Waals surface area contributed by atoms with Crippen molar-refractivity contribution in [1.29, 1.82) is 0 Å². The normalized spacial score (nSPS) is 11.8. The van der Waals surface area contributed by atoms with Crippen molar-refractivity contribution in [1.82, 2.24) is 10.1 Å². The lowest BCUT2D eigenvalue weighted by molar-refractivity contribution is -0.131. The highest BCUT2D eigenvalue weighted by molar-refractivity contribution is 6.04. The fourth-order valence-electron chi connectivity index (χ4n) is 3.44. The molecule has 1 atom stereocenters. The van der Waals surface area contributed by atoms with E-state index in [9.17, 15) is 9.59 Å². The molecule has 31 heavy (non-hydrogen) atoms. The Kier molecular flexibility index (Phi) is 5.80. The van der Waals surface area contributed by atoms with E-state index in [1.165, 1.54) is 0 Å². The molecule has 6 nitrogen and oxygen atoms in total. The zero-order chi connectivity index (χ0) is 21.8. The molecule has 0 fully saturated rings. The largest absolute Gasteiger partial charge is 0.356 e. The Morgan fingerprint density at radius 1 is 1.00 bits per heavy atom. The molecule has 0 unspecified atom stereocenters. The summed E-state index contributed by atoms with van der Waals surface area (Å²) in [5.41, 5.74) is 3.49. The Morgan fingerprint density at radius 2 is 1.74 bits per heavy atom. The van der Waals surface area contributed by atoms with Crippen LogP contribution in [0, 0.1) is 0 Å². The van der Waals surface area contributed by atoms with Crippen LogP contribution in [0.15, 0.2) is 83.4 Å². The molecule has 0 saturated carbocycles. The second-order valence-corrected chi connectivity index (χ2v) is 7.43. The summed E-state index contributed by atoms with van der Waals surface area (Å²) >= 11 is 0. The van der Waals surface area contributed by atoms with Gasteiger partial charge >= 0.3 is 0 Å².